The zero-order valence-corrected chi connectivity index (χ0v) is 11.4. The van der Waals surface area contributed by atoms with Gasteiger partial charge in [-0.2, -0.15) is 5.53 Å². The highest BCUT2D eigenvalue weighted by Gasteiger charge is 1.71. The van der Waals surface area contributed by atoms with Crippen molar-refractivity contribution in [2.24, 2.45) is 126 Å². The fourth-order valence-corrected chi connectivity index (χ4v) is 0.383. The van der Waals surface area contributed by atoms with Gasteiger partial charge in [0.2, 0.25) is 0 Å². The molecule has 0 spiro atoms. The second-order valence-corrected chi connectivity index (χ2v) is 2.09. The van der Waals surface area contributed by atoms with Crippen LogP contribution in [0.1, 0.15) is 0 Å². The molecule has 0 fully saturated rings. The van der Waals surface area contributed by atoms with E-state index in [9.17, 15) is 0 Å². The molecular weight excluding hydrogens is 350 g/mol. The van der Waals surface area contributed by atoms with Gasteiger partial charge in [-0.3, -0.25) is 0 Å². The monoisotopic (exact) mass is 353 g/mol. The van der Waals surface area contributed by atoms with Crippen LogP contribution in [0, 0.1) is 5.53 Å². The number of nitrogens with two attached hydrogens (primary N) is 1. The van der Waals surface area contributed by atoms with Gasteiger partial charge in [0.1, 0.15) is 0 Å². The summed E-state index contributed by atoms with van der Waals surface area (Å²) >= 11 is 0. The Balaban J connectivity index is 3.92. The lowest BCUT2D eigenvalue weighted by Gasteiger charge is -1.70. The Morgan fingerprint density at radius 1 is 0.320 bits per heavy atom. The molecule has 0 bridgehead atoms. The Labute approximate surface area is 133 Å². The molecule has 0 aromatic heterocycles. The average Bonchev–Trinajstić information content (AvgIpc) is 2.63. The summed E-state index contributed by atoms with van der Waals surface area (Å²) in [4.78, 5) is 0. The lowest BCUT2D eigenvalue weighted by molar-refractivity contribution is 0.732. The van der Waals surface area contributed by atoms with Gasteiger partial charge in [-0.15, -0.1) is 0 Å². The van der Waals surface area contributed by atoms with E-state index >= 15 is 0 Å². The third-order valence-corrected chi connectivity index (χ3v) is 0.896. The zero-order valence-electron chi connectivity index (χ0n) is 11.4. The number of rotatable bonds is 11. The van der Waals surface area contributed by atoms with Crippen molar-refractivity contribution in [3.8, 4) is 0 Å². The number of nitrogens with zero attached hydrogens (tertiary/aromatic N) is 23. The smallest absolute Gasteiger partial charge is 0 e. The Bertz CT molecular complexity index is 634. The van der Waals surface area contributed by atoms with Crippen molar-refractivity contribution in [2.75, 3.05) is 0 Å². The molecule has 25 heavy (non-hydrogen) atoms. The van der Waals surface area contributed by atoms with Gasteiger partial charge >= 0.3 is 0 Å². The van der Waals surface area contributed by atoms with Gasteiger partial charge in [0.15, 0.2) is 0 Å². The van der Waals surface area contributed by atoms with Crippen molar-refractivity contribution in [3.05, 3.63) is 0 Å². The fraction of sp³-hybridized carbons (Fsp3) is 0. The highest BCUT2D eigenvalue weighted by Crippen LogP contribution is 1.90. The maximum absolute atomic E-state index is 6.21. The standard InChI is InChI=1S/H3N25/c1-3-5-7-9-11-13-15-17-19-21-23-25-24-22-20-18-16-14-12-10-8-6-4-2/h(H3,1,2,5,6,9,10,13,14,17,18,21,22,25). The molecule has 0 aromatic carbocycles. The quantitative estimate of drug-likeness (QED) is 0.311. The SMILES string of the molecule is N=N/N=N/N=N/N=N/N=N/N=N/N=N/N=N/N=N/N=N/N=N/N=N/N. The molecule has 0 saturated heterocycles. The maximum Gasteiger partial charge on any atom is 0 e. The molecule has 0 aliphatic heterocycles. The topological polar surface area (TPSA) is 334 Å². The minimum absolute atomic E-state index is 2.50. The van der Waals surface area contributed by atoms with Gasteiger partial charge in [0.05, 0.1) is 0 Å². The summed E-state index contributed by atoms with van der Waals surface area (Å²) in [5, 5.41) is 67.2. The number of hydrogen-bond donors (Lipinski definition) is 2. The molecule has 0 aliphatic rings. The van der Waals surface area contributed by atoms with Crippen molar-refractivity contribution in [1.82, 2.24) is 0 Å². The number of nitrogens with one attached hydrogen (secondary N) is 1. The highest BCUT2D eigenvalue weighted by molar-refractivity contribution is 4.14. The minimum Gasteiger partial charge on any atom is -0.303 e. The Morgan fingerprint density at radius 3 is 0.720 bits per heavy atom. The Hall–Kier alpha value is -5.00. The van der Waals surface area contributed by atoms with Crippen molar-refractivity contribution >= 4 is 0 Å². The van der Waals surface area contributed by atoms with Crippen molar-refractivity contribution in [2.45, 2.75) is 0 Å². The maximum atomic E-state index is 6.21. The Kier molecular flexibility index (Phi) is 15.2. The minimum atomic E-state index is 2.50. The van der Waals surface area contributed by atoms with Crippen LogP contribution in [-0.4, -0.2) is 0 Å². The average molecular weight is 353 g/mol. The molecule has 0 amide bonds. The molecule has 25 heteroatoms. The van der Waals surface area contributed by atoms with Crippen LogP contribution < -0.4 is 5.84 Å². The van der Waals surface area contributed by atoms with E-state index in [0.717, 1.165) is 0 Å². The first-order valence-corrected chi connectivity index (χ1v) is 4.88. The van der Waals surface area contributed by atoms with Gasteiger partial charge in [0, 0.05) is 36.6 Å². The molecule has 0 aliphatic carbocycles. The van der Waals surface area contributed by atoms with E-state index in [1.54, 1.807) is 0 Å². The summed E-state index contributed by atoms with van der Waals surface area (Å²) in [6.45, 7) is 0. The van der Waals surface area contributed by atoms with Crippen LogP contribution in [0.3, 0.4) is 0 Å². The molecule has 128 valence electrons. The molecule has 0 aromatic rings. The van der Waals surface area contributed by atoms with Crippen LogP contribution in [0.2, 0.25) is 0 Å². The van der Waals surface area contributed by atoms with E-state index in [0.29, 0.717) is 0 Å². The lowest BCUT2D eigenvalue weighted by Crippen LogP contribution is -1.70. The summed E-state index contributed by atoms with van der Waals surface area (Å²) in [5.74, 6) is 4.60. The zero-order chi connectivity index (χ0) is 18.3. The lowest BCUT2D eigenvalue weighted by atomic mass is 12.3. The molecule has 25 nitrogen and oxygen atoms in total. The van der Waals surface area contributed by atoms with E-state index < -0.39 is 0 Å². The third kappa shape index (κ3) is 19.0. The van der Waals surface area contributed by atoms with Crippen LogP contribution in [0.4, 0.5) is 0 Å². The summed E-state index contributed by atoms with van der Waals surface area (Å²) in [7, 11) is 0. The van der Waals surface area contributed by atoms with E-state index in [-0.39, 0.29) is 0 Å². The summed E-state index contributed by atoms with van der Waals surface area (Å²) in [6, 6.07) is 0. The van der Waals surface area contributed by atoms with Crippen molar-refractivity contribution in [3.63, 3.8) is 0 Å². The van der Waals surface area contributed by atoms with Gasteiger partial charge < -0.3 is 5.84 Å². The van der Waals surface area contributed by atoms with Crippen LogP contribution >= 0.6 is 0 Å². The Morgan fingerprint density at radius 2 is 0.520 bits per heavy atom. The summed E-state index contributed by atoms with van der Waals surface area (Å²) < 4.78 is 0. The fourth-order valence-electron chi connectivity index (χ4n) is 0.383. The molecule has 0 heterocycles. The molecule has 0 radical (unpaired) electrons. The normalized spacial score (nSPS) is 14.6. The molecule has 0 saturated carbocycles. The van der Waals surface area contributed by atoms with E-state index in [1.165, 1.54) is 0 Å². The molecule has 0 rings (SSSR count). The van der Waals surface area contributed by atoms with Gasteiger partial charge in [-0.05, 0) is 78.3 Å². The molecular formula is H3N25. The van der Waals surface area contributed by atoms with E-state index in [4.69, 9.17) is 5.53 Å². The van der Waals surface area contributed by atoms with Gasteiger partial charge in [-0.1, -0.05) is 5.22 Å². The number of hydrogen-bond acceptors (Lipinski definition) is 2. The first kappa shape index (κ1) is 20.0. The van der Waals surface area contributed by atoms with Crippen LogP contribution in [0.25, 0.3) is 0 Å². The van der Waals surface area contributed by atoms with Crippen LogP contribution in [0.5, 0.6) is 0 Å². The van der Waals surface area contributed by atoms with E-state index in [1.807, 2.05) is 0 Å². The largest absolute Gasteiger partial charge is 0.303 e. The molecule has 0 unspecified atom stereocenters. The molecule has 0 atom stereocenters. The predicted molar refractivity (Wildman–Crippen MR) is 62.8 cm³/mol. The van der Waals surface area contributed by atoms with Crippen LogP contribution in [0.15, 0.2) is 120 Å². The first-order valence-electron chi connectivity index (χ1n) is 4.88. The third-order valence-electron chi connectivity index (χ3n) is 0.896. The summed E-state index contributed by atoms with van der Waals surface area (Å²) in [5.41, 5.74) is 6.21. The van der Waals surface area contributed by atoms with E-state index in [2.05, 4.69) is 126 Å². The second kappa shape index (κ2) is 19.0. The van der Waals surface area contributed by atoms with Crippen LogP contribution in [-0.2, 0) is 0 Å². The summed E-state index contributed by atoms with van der Waals surface area (Å²) in [6.07, 6.45) is 0. The van der Waals surface area contributed by atoms with Crippen molar-refractivity contribution in [1.29, 1.82) is 5.53 Å². The van der Waals surface area contributed by atoms with Crippen molar-refractivity contribution < 1.29 is 0 Å². The second-order valence-electron chi connectivity index (χ2n) is 2.09. The predicted octanol–water partition coefficient (Wildman–Crippen LogP) is 3.93. The van der Waals surface area contributed by atoms with Gasteiger partial charge in [0.25, 0.3) is 0 Å². The molecule has 3 N–H and O–H groups in total. The highest BCUT2D eigenvalue weighted by atomic mass is 15.7. The first-order chi connectivity index (χ1) is 12.4. The van der Waals surface area contributed by atoms with Gasteiger partial charge in [-0.25, -0.2) is 0 Å².